The average molecular weight is 384 g/mol. The molecule has 0 aromatic carbocycles. The molecule has 1 N–H and O–H groups in total. The molecule has 22 heavy (non-hydrogen) atoms. The summed E-state index contributed by atoms with van der Waals surface area (Å²) in [4.78, 5) is 4.33. The lowest BCUT2D eigenvalue weighted by Crippen LogP contribution is -2.23. The maximum atomic E-state index is 6.09. The standard InChI is InChI=1S/C16H20BrClN4/c1-11-7-21-22(10-11)13-4-2-12(3-5-13)8-19-16-6-15(18)14(17)9-20-16/h6-7,9-10,12-13H,2-5,8H2,1H3,(H,19,20). The van der Waals surface area contributed by atoms with Crippen molar-refractivity contribution >= 4 is 33.3 Å². The fourth-order valence-electron chi connectivity index (χ4n) is 3.01. The van der Waals surface area contributed by atoms with E-state index in [4.69, 9.17) is 11.6 Å². The molecule has 0 spiro atoms. The van der Waals surface area contributed by atoms with Crippen LogP contribution in [0.3, 0.4) is 0 Å². The Morgan fingerprint density at radius 3 is 2.73 bits per heavy atom. The predicted octanol–water partition coefficient (Wildman–Crippen LogP) is 4.85. The van der Waals surface area contributed by atoms with Crippen molar-refractivity contribution in [2.75, 3.05) is 11.9 Å². The second kappa shape index (κ2) is 7.01. The van der Waals surface area contributed by atoms with E-state index in [-0.39, 0.29) is 0 Å². The van der Waals surface area contributed by atoms with E-state index in [1.54, 1.807) is 6.20 Å². The summed E-state index contributed by atoms with van der Waals surface area (Å²) in [7, 11) is 0. The van der Waals surface area contributed by atoms with Crippen molar-refractivity contribution in [2.45, 2.75) is 38.6 Å². The van der Waals surface area contributed by atoms with Crippen LogP contribution in [0.2, 0.25) is 5.02 Å². The third-order valence-electron chi connectivity index (χ3n) is 4.30. The van der Waals surface area contributed by atoms with Gasteiger partial charge in [-0.15, -0.1) is 0 Å². The van der Waals surface area contributed by atoms with Gasteiger partial charge in [0.1, 0.15) is 5.82 Å². The van der Waals surface area contributed by atoms with Crippen LogP contribution in [0.4, 0.5) is 5.82 Å². The summed E-state index contributed by atoms with van der Waals surface area (Å²) in [6, 6.07) is 2.43. The largest absolute Gasteiger partial charge is 0.370 e. The van der Waals surface area contributed by atoms with Crippen molar-refractivity contribution < 1.29 is 0 Å². The lowest BCUT2D eigenvalue weighted by molar-refractivity contribution is 0.268. The number of nitrogens with one attached hydrogen (secondary N) is 1. The summed E-state index contributed by atoms with van der Waals surface area (Å²) in [5, 5.41) is 8.54. The second-order valence-electron chi connectivity index (χ2n) is 6.04. The molecular weight excluding hydrogens is 364 g/mol. The Hall–Kier alpha value is -1.07. The van der Waals surface area contributed by atoms with Crippen LogP contribution in [0.15, 0.2) is 29.1 Å². The number of hydrogen-bond acceptors (Lipinski definition) is 3. The number of halogens is 2. The molecule has 3 rings (SSSR count). The summed E-state index contributed by atoms with van der Waals surface area (Å²) in [6.07, 6.45) is 10.7. The molecule has 0 atom stereocenters. The minimum Gasteiger partial charge on any atom is -0.370 e. The SMILES string of the molecule is Cc1cnn(C2CCC(CNc3cc(Cl)c(Br)cn3)CC2)c1. The van der Waals surface area contributed by atoms with E-state index in [0.29, 0.717) is 17.0 Å². The van der Waals surface area contributed by atoms with Crippen molar-refractivity contribution in [1.29, 1.82) is 0 Å². The zero-order valence-corrected chi connectivity index (χ0v) is 14.9. The summed E-state index contributed by atoms with van der Waals surface area (Å²) in [5.74, 6) is 1.54. The van der Waals surface area contributed by atoms with Gasteiger partial charge in [0.25, 0.3) is 0 Å². The van der Waals surface area contributed by atoms with E-state index in [9.17, 15) is 0 Å². The number of anilines is 1. The van der Waals surface area contributed by atoms with Crippen molar-refractivity contribution in [2.24, 2.45) is 5.92 Å². The molecule has 0 saturated heterocycles. The van der Waals surface area contributed by atoms with Crippen molar-refractivity contribution in [3.8, 4) is 0 Å². The predicted molar refractivity (Wildman–Crippen MR) is 93.4 cm³/mol. The highest BCUT2D eigenvalue weighted by atomic mass is 79.9. The normalized spacial score (nSPS) is 21.8. The number of aryl methyl sites for hydroxylation is 1. The van der Waals surface area contributed by atoms with Crippen LogP contribution in [0.5, 0.6) is 0 Å². The van der Waals surface area contributed by atoms with E-state index in [1.165, 1.54) is 31.2 Å². The Bertz CT molecular complexity index is 635. The van der Waals surface area contributed by atoms with Gasteiger partial charge in [0.05, 0.1) is 21.7 Å². The van der Waals surface area contributed by atoms with Gasteiger partial charge in [0, 0.05) is 25.0 Å². The van der Waals surface area contributed by atoms with Crippen LogP contribution in [0.1, 0.15) is 37.3 Å². The van der Waals surface area contributed by atoms with Crippen molar-refractivity contribution in [3.05, 3.63) is 39.7 Å². The number of hydrogen-bond donors (Lipinski definition) is 1. The highest BCUT2D eigenvalue weighted by Crippen LogP contribution is 2.32. The first kappa shape index (κ1) is 15.8. The first-order valence-corrected chi connectivity index (χ1v) is 8.84. The van der Waals surface area contributed by atoms with Crippen molar-refractivity contribution in [1.82, 2.24) is 14.8 Å². The molecule has 0 aliphatic heterocycles. The molecule has 2 aromatic heterocycles. The highest BCUT2D eigenvalue weighted by Gasteiger charge is 2.22. The first-order valence-electron chi connectivity index (χ1n) is 7.67. The molecule has 0 unspecified atom stereocenters. The Labute approximate surface area is 144 Å². The Morgan fingerprint density at radius 2 is 2.09 bits per heavy atom. The molecule has 1 fully saturated rings. The Balaban J connectivity index is 1.48. The minimum absolute atomic E-state index is 0.560. The maximum absolute atomic E-state index is 6.09. The molecule has 2 heterocycles. The van der Waals surface area contributed by atoms with Crippen LogP contribution in [-0.4, -0.2) is 21.3 Å². The van der Waals surface area contributed by atoms with Gasteiger partial charge in [0.15, 0.2) is 0 Å². The lowest BCUT2D eigenvalue weighted by atomic mass is 9.86. The van der Waals surface area contributed by atoms with Gasteiger partial charge in [0.2, 0.25) is 0 Å². The van der Waals surface area contributed by atoms with Crippen molar-refractivity contribution in [3.63, 3.8) is 0 Å². The van der Waals surface area contributed by atoms with Gasteiger partial charge in [-0.25, -0.2) is 4.98 Å². The van der Waals surface area contributed by atoms with Crippen LogP contribution < -0.4 is 5.32 Å². The van der Waals surface area contributed by atoms with Gasteiger partial charge in [-0.3, -0.25) is 4.68 Å². The van der Waals surface area contributed by atoms with E-state index in [1.807, 2.05) is 12.3 Å². The fourth-order valence-corrected chi connectivity index (χ4v) is 3.37. The smallest absolute Gasteiger partial charge is 0.127 e. The average Bonchev–Trinajstić information content (AvgIpc) is 2.95. The van der Waals surface area contributed by atoms with Gasteiger partial charge in [-0.05, 0) is 60.0 Å². The quantitative estimate of drug-likeness (QED) is 0.821. The second-order valence-corrected chi connectivity index (χ2v) is 7.30. The van der Waals surface area contributed by atoms with Crippen LogP contribution in [-0.2, 0) is 0 Å². The molecule has 1 saturated carbocycles. The molecule has 118 valence electrons. The number of aromatic nitrogens is 3. The zero-order valence-electron chi connectivity index (χ0n) is 12.6. The van der Waals surface area contributed by atoms with E-state index < -0.39 is 0 Å². The monoisotopic (exact) mass is 382 g/mol. The van der Waals surface area contributed by atoms with Gasteiger partial charge >= 0.3 is 0 Å². The topological polar surface area (TPSA) is 42.7 Å². The minimum atomic E-state index is 0.560. The highest BCUT2D eigenvalue weighted by molar-refractivity contribution is 9.10. The van der Waals surface area contributed by atoms with Gasteiger partial charge < -0.3 is 5.32 Å². The third kappa shape index (κ3) is 3.82. The number of pyridine rings is 1. The zero-order chi connectivity index (χ0) is 15.5. The van der Waals surface area contributed by atoms with E-state index in [2.05, 4.69) is 49.1 Å². The Kier molecular flexibility index (Phi) is 5.03. The number of rotatable bonds is 4. The summed E-state index contributed by atoms with van der Waals surface area (Å²) >= 11 is 9.44. The van der Waals surface area contributed by atoms with Gasteiger partial charge in [-0.1, -0.05) is 11.6 Å². The summed E-state index contributed by atoms with van der Waals surface area (Å²) in [5.41, 5.74) is 1.24. The first-order chi connectivity index (χ1) is 10.6. The summed E-state index contributed by atoms with van der Waals surface area (Å²) in [6.45, 7) is 3.05. The van der Waals surface area contributed by atoms with Crippen LogP contribution in [0, 0.1) is 12.8 Å². The van der Waals surface area contributed by atoms with E-state index in [0.717, 1.165) is 16.8 Å². The van der Waals surface area contributed by atoms with Crippen LogP contribution >= 0.6 is 27.5 Å². The molecule has 0 amide bonds. The molecule has 4 nitrogen and oxygen atoms in total. The molecule has 6 heteroatoms. The Morgan fingerprint density at radius 1 is 1.32 bits per heavy atom. The fraction of sp³-hybridized carbons (Fsp3) is 0.500. The maximum Gasteiger partial charge on any atom is 0.127 e. The molecule has 0 radical (unpaired) electrons. The summed E-state index contributed by atoms with van der Waals surface area (Å²) < 4.78 is 2.96. The molecule has 0 bridgehead atoms. The van der Waals surface area contributed by atoms with E-state index >= 15 is 0 Å². The van der Waals surface area contributed by atoms with Crippen LogP contribution in [0.25, 0.3) is 0 Å². The number of nitrogens with zero attached hydrogens (tertiary/aromatic N) is 3. The molecule has 1 aliphatic rings. The molecule has 1 aliphatic carbocycles. The lowest BCUT2D eigenvalue weighted by Gasteiger charge is -2.29. The molecule has 2 aromatic rings. The third-order valence-corrected chi connectivity index (χ3v) is 5.47. The van der Waals surface area contributed by atoms with Gasteiger partial charge in [-0.2, -0.15) is 5.10 Å². The molecular formula is C16H20BrClN4.